The molecule has 1 N–H and O–H groups in total. The highest BCUT2D eigenvalue weighted by Gasteiger charge is 2.47. The maximum atomic E-state index is 13.8. The topological polar surface area (TPSA) is 81.7 Å². The predicted molar refractivity (Wildman–Crippen MR) is 133 cm³/mol. The Balaban J connectivity index is 1.82. The molecule has 6 nitrogen and oxygen atoms in total. The normalized spacial score (nSPS) is 21.8. The molecule has 6 heteroatoms. The lowest BCUT2D eigenvalue weighted by molar-refractivity contribution is -0.151. The average molecular weight is 474 g/mol. The van der Waals surface area contributed by atoms with E-state index in [2.05, 4.69) is 5.32 Å². The lowest BCUT2D eigenvalue weighted by Gasteiger charge is -2.38. The number of Topliss-reactive ketones (excluding diaryl/α,β-unsaturated/α-hetero) is 1. The van der Waals surface area contributed by atoms with Gasteiger partial charge in [-0.05, 0) is 42.4 Å². The number of dihydropyridines is 1. The van der Waals surface area contributed by atoms with Gasteiger partial charge in [0, 0.05) is 22.9 Å². The van der Waals surface area contributed by atoms with E-state index in [0.29, 0.717) is 29.7 Å². The lowest BCUT2D eigenvalue weighted by Crippen LogP contribution is -2.43. The lowest BCUT2D eigenvalue weighted by atomic mass is 9.69. The van der Waals surface area contributed by atoms with Crippen LogP contribution in [0.15, 0.2) is 77.1 Å². The molecule has 2 aromatic carbocycles. The summed E-state index contributed by atoms with van der Waals surface area (Å²) in [5.41, 5.74) is 5.17. The Morgan fingerprint density at radius 2 is 1.69 bits per heavy atom. The molecule has 1 aliphatic heterocycles. The van der Waals surface area contributed by atoms with Crippen LogP contribution in [-0.2, 0) is 23.9 Å². The largest absolute Gasteiger partial charge is 0.468 e. The third-order valence-corrected chi connectivity index (χ3v) is 6.75. The number of allylic oxidation sites excluding steroid dienone is 3. The van der Waals surface area contributed by atoms with Gasteiger partial charge in [0.25, 0.3) is 0 Å². The molecule has 2 aromatic rings. The third kappa shape index (κ3) is 4.65. The molecule has 0 saturated heterocycles. The van der Waals surface area contributed by atoms with E-state index in [1.165, 1.54) is 7.11 Å². The quantitative estimate of drug-likeness (QED) is 0.474. The van der Waals surface area contributed by atoms with Crippen LogP contribution in [0, 0.1) is 11.8 Å². The molecule has 2 aliphatic rings. The van der Waals surface area contributed by atoms with Crippen LogP contribution in [0.25, 0.3) is 11.1 Å². The summed E-state index contributed by atoms with van der Waals surface area (Å²) in [5, 5.41) is 3.29. The zero-order valence-corrected chi connectivity index (χ0v) is 20.6. The van der Waals surface area contributed by atoms with Crippen LogP contribution in [0.2, 0.25) is 0 Å². The summed E-state index contributed by atoms with van der Waals surface area (Å²) in [4.78, 5) is 39.5. The van der Waals surface area contributed by atoms with Gasteiger partial charge in [-0.15, -0.1) is 0 Å². The maximum absolute atomic E-state index is 13.8. The van der Waals surface area contributed by atoms with E-state index < -0.39 is 23.8 Å². The Morgan fingerprint density at radius 1 is 1.03 bits per heavy atom. The molecular formula is C29H31NO5. The summed E-state index contributed by atoms with van der Waals surface area (Å²) < 4.78 is 10.5. The third-order valence-electron chi connectivity index (χ3n) is 6.75. The Labute approximate surface area is 206 Å². The van der Waals surface area contributed by atoms with E-state index >= 15 is 0 Å². The molecule has 1 heterocycles. The molecule has 4 rings (SSSR count). The second kappa shape index (κ2) is 10.3. The molecule has 0 radical (unpaired) electrons. The first-order chi connectivity index (χ1) is 16.9. The number of rotatable bonds is 6. The molecule has 35 heavy (non-hydrogen) atoms. The van der Waals surface area contributed by atoms with E-state index in [1.807, 2.05) is 75.4 Å². The van der Waals surface area contributed by atoms with Gasteiger partial charge in [-0.2, -0.15) is 0 Å². The number of ketones is 1. The van der Waals surface area contributed by atoms with Crippen molar-refractivity contribution in [3.05, 3.63) is 82.7 Å². The number of nitrogens with one attached hydrogen (secondary N) is 1. The van der Waals surface area contributed by atoms with Gasteiger partial charge in [0.2, 0.25) is 0 Å². The molecule has 182 valence electrons. The Kier molecular flexibility index (Phi) is 7.20. The maximum Gasteiger partial charge on any atom is 0.336 e. The number of carbonyl (C=O) groups is 3. The van der Waals surface area contributed by atoms with Crippen molar-refractivity contribution < 1.29 is 23.9 Å². The number of methoxy groups -OCH3 is 1. The molecule has 0 amide bonds. The van der Waals surface area contributed by atoms with Crippen molar-refractivity contribution in [2.24, 2.45) is 11.8 Å². The Hall–Kier alpha value is -3.67. The minimum Gasteiger partial charge on any atom is -0.468 e. The number of esters is 2. The SMILES string of the molecule is CCCOC(=O)C1=C(C)NC2=C(C(=O)[C@H](C(=O)OC)[C@@H](C)C2)[C@@H]1c1ccc(-c2ccccc2)cc1. The molecule has 0 unspecified atom stereocenters. The number of benzene rings is 2. The summed E-state index contributed by atoms with van der Waals surface area (Å²) in [6.45, 7) is 5.93. The van der Waals surface area contributed by atoms with Gasteiger partial charge in [-0.25, -0.2) is 4.79 Å². The van der Waals surface area contributed by atoms with Crippen molar-refractivity contribution >= 4 is 17.7 Å². The van der Waals surface area contributed by atoms with E-state index in [9.17, 15) is 14.4 Å². The zero-order chi connectivity index (χ0) is 25.1. The summed E-state index contributed by atoms with van der Waals surface area (Å²) in [6.07, 6.45) is 1.20. The smallest absolute Gasteiger partial charge is 0.336 e. The number of carbonyl (C=O) groups excluding carboxylic acids is 3. The summed E-state index contributed by atoms with van der Waals surface area (Å²) >= 11 is 0. The van der Waals surface area contributed by atoms with Crippen LogP contribution < -0.4 is 5.32 Å². The molecule has 0 spiro atoms. The van der Waals surface area contributed by atoms with Crippen molar-refractivity contribution in [3.8, 4) is 11.1 Å². The average Bonchev–Trinajstić information content (AvgIpc) is 2.86. The van der Waals surface area contributed by atoms with Gasteiger partial charge in [0.15, 0.2) is 5.78 Å². The van der Waals surface area contributed by atoms with Crippen LogP contribution in [-0.4, -0.2) is 31.4 Å². The van der Waals surface area contributed by atoms with Crippen LogP contribution >= 0.6 is 0 Å². The second-order valence-corrected chi connectivity index (χ2v) is 9.16. The van der Waals surface area contributed by atoms with E-state index in [-0.39, 0.29) is 18.3 Å². The van der Waals surface area contributed by atoms with Gasteiger partial charge in [-0.1, -0.05) is 68.4 Å². The van der Waals surface area contributed by atoms with Gasteiger partial charge >= 0.3 is 11.9 Å². The predicted octanol–water partition coefficient (Wildman–Crippen LogP) is 4.92. The van der Waals surface area contributed by atoms with E-state index in [4.69, 9.17) is 9.47 Å². The van der Waals surface area contributed by atoms with Gasteiger partial charge in [-0.3, -0.25) is 9.59 Å². The highest BCUT2D eigenvalue weighted by atomic mass is 16.5. The van der Waals surface area contributed by atoms with Crippen molar-refractivity contribution in [1.29, 1.82) is 0 Å². The Morgan fingerprint density at radius 3 is 2.31 bits per heavy atom. The van der Waals surface area contributed by atoms with Crippen molar-refractivity contribution in [2.45, 2.75) is 39.5 Å². The van der Waals surface area contributed by atoms with Crippen LogP contribution in [0.5, 0.6) is 0 Å². The molecule has 0 bridgehead atoms. The highest BCUT2D eigenvalue weighted by molar-refractivity contribution is 6.12. The van der Waals surface area contributed by atoms with Crippen LogP contribution in [0.4, 0.5) is 0 Å². The van der Waals surface area contributed by atoms with Crippen LogP contribution in [0.1, 0.15) is 45.1 Å². The van der Waals surface area contributed by atoms with Crippen LogP contribution in [0.3, 0.4) is 0 Å². The fraction of sp³-hybridized carbons (Fsp3) is 0.345. The first kappa shape index (κ1) is 24.5. The molecule has 3 atom stereocenters. The minimum absolute atomic E-state index is 0.219. The second-order valence-electron chi connectivity index (χ2n) is 9.16. The number of ether oxygens (including phenoxy) is 2. The summed E-state index contributed by atoms with van der Waals surface area (Å²) in [5.74, 6) is -3.06. The standard InChI is InChI=1S/C29H31NO5/c1-5-15-35-29(33)24-18(3)30-22-16-17(2)23(28(32)34-4)27(31)26(22)25(24)21-13-11-20(12-14-21)19-9-7-6-8-10-19/h6-14,17,23,25,30H,5,15-16H2,1-4H3/t17-,23+,25+/m0/s1. The fourth-order valence-electron chi connectivity index (χ4n) is 5.06. The number of hydrogen-bond donors (Lipinski definition) is 1. The zero-order valence-electron chi connectivity index (χ0n) is 20.6. The summed E-state index contributed by atoms with van der Waals surface area (Å²) in [6, 6.07) is 17.9. The van der Waals surface area contributed by atoms with Gasteiger partial charge < -0.3 is 14.8 Å². The monoisotopic (exact) mass is 473 g/mol. The first-order valence-corrected chi connectivity index (χ1v) is 12.0. The number of hydrogen-bond acceptors (Lipinski definition) is 6. The van der Waals surface area contributed by atoms with E-state index in [0.717, 1.165) is 22.4 Å². The van der Waals surface area contributed by atoms with Gasteiger partial charge in [0.05, 0.1) is 19.3 Å². The molecule has 0 aromatic heterocycles. The molecule has 0 saturated carbocycles. The van der Waals surface area contributed by atoms with E-state index in [1.54, 1.807) is 0 Å². The minimum atomic E-state index is -0.905. The molecule has 0 fully saturated rings. The fourth-order valence-corrected chi connectivity index (χ4v) is 5.06. The van der Waals surface area contributed by atoms with Gasteiger partial charge in [0.1, 0.15) is 5.92 Å². The first-order valence-electron chi connectivity index (χ1n) is 12.0. The highest BCUT2D eigenvalue weighted by Crippen LogP contribution is 2.45. The van der Waals surface area contributed by atoms with Crippen molar-refractivity contribution in [2.75, 3.05) is 13.7 Å². The van der Waals surface area contributed by atoms with Crippen molar-refractivity contribution in [1.82, 2.24) is 5.32 Å². The summed E-state index contributed by atoms with van der Waals surface area (Å²) in [7, 11) is 1.29. The Bertz CT molecular complexity index is 1190. The molecular weight excluding hydrogens is 442 g/mol. The molecule has 1 aliphatic carbocycles. The van der Waals surface area contributed by atoms with Crippen molar-refractivity contribution in [3.63, 3.8) is 0 Å².